The summed E-state index contributed by atoms with van der Waals surface area (Å²) in [5.74, 6) is -0.435. The summed E-state index contributed by atoms with van der Waals surface area (Å²) < 4.78 is 21.8. The molecule has 1 atom stereocenters. The van der Waals surface area contributed by atoms with E-state index in [1.165, 1.54) is 24.0 Å². The number of quaternary nitrogens is 1. The molecule has 1 N–H and O–H groups in total. The molecule has 2 aliphatic heterocycles. The molecule has 2 aliphatic rings. The number of amides is 1. The number of carbonyl (C=O) groups excluding carboxylic acids is 2. The zero-order valence-corrected chi connectivity index (χ0v) is 21.2. The Morgan fingerprint density at radius 2 is 1.81 bits per heavy atom. The van der Waals surface area contributed by atoms with Crippen molar-refractivity contribution in [1.82, 2.24) is 4.90 Å². The van der Waals surface area contributed by atoms with Crippen molar-refractivity contribution in [2.75, 3.05) is 60.2 Å². The summed E-state index contributed by atoms with van der Waals surface area (Å²) in [6.45, 7) is 7.84. The second-order valence-electron chi connectivity index (χ2n) is 8.82. The predicted molar refractivity (Wildman–Crippen MR) is 134 cm³/mol. The van der Waals surface area contributed by atoms with Gasteiger partial charge in [-0.15, -0.1) is 0 Å². The Morgan fingerprint density at radius 1 is 1.11 bits per heavy atom. The topological polar surface area (TPSA) is 102 Å². The molecule has 2 fully saturated rings. The van der Waals surface area contributed by atoms with E-state index in [0.717, 1.165) is 13.1 Å². The highest BCUT2D eigenvalue weighted by Crippen LogP contribution is 2.43. The smallest absolute Gasteiger partial charge is 0.295 e. The van der Waals surface area contributed by atoms with Crippen LogP contribution in [0.2, 0.25) is 0 Å². The van der Waals surface area contributed by atoms with Crippen LogP contribution in [0.3, 0.4) is 0 Å². The summed E-state index contributed by atoms with van der Waals surface area (Å²) in [5, 5.41) is 13.7. The first-order valence-electron chi connectivity index (χ1n) is 12.2. The molecule has 0 radical (unpaired) electrons. The molecule has 37 heavy (non-hydrogen) atoms. The van der Waals surface area contributed by atoms with Gasteiger partial charge in [-0.3, -0.25) is 9.59 Å². The van der Waals surface area contributed by atoms with Crippen LogP contribution in [0.5, 0.6) is 17.2 Å². The lowest BCUT2D eigenvalue weighted by atomic mass is 9.94. The van der Waals surface area contributed by atoms with Crippen LogP contribution in [0.1, 0.15) is 17.2 Å². The Kier molecular flexibility index (Phi) is 8.47. The van der Waals surface area contributed by atoms with Crippen LogP contribution < -0.4 is 24.2 Å². The first-order valence-corrected chi connectivity index (χ1v) is 12.2. The van der Waals surface area contributed by atoms with Gasteiger partial charge in [-0.2, -0.15) is 0 Å². The fourth-order valence-electron chi connectivity index (χ4n) is 4.67. The number of benzene rings is 2. The fourth-order valence-corrected chi connectivity index (χ4v) is 4.67. The lowest BCUT2D eigenvalue weighted by Gasteiger charge is -2.30. The van der Waals surface area contributed by atoms with E-state index >= 15 is 0 Å². The van der Waals surface area contributed by atoms with Crippen molar-refractivity contribution < 1.29 is 38.5 Å². The number of hydrogen-bond acceptors (Lipinski definition) is 7. The lowest BCUT2D eigenvalue weighted by molar-refractivity contribution is -0.907. The summed E-state index contributed by atoms with van der Waals surface area (Å²) in [6, 6.07) is 10.8. The van der Waals surface area contributed by atoms with Gasteiger partial charge in [0.15, 0.2) is 0 Å². The molecular formula is C28H32N2O7. The SMILES string of the molecule is C=CCOc1ccc(/C([O-])=C2\C(=O)C(=O)N(CC[NH+]3CCOCC3)C2c2ccc(OC)cc2OC)cc1. The zero-order valence-electron chi connectivity index (χ0n) is 21.2. The quantitative estimate of drug-likeness (QED) is 0.215. The van der Waals surface area contributed by atoms with Crippen molar-refractivity contribution in [3.63, 3.8) is 0 Å². The number of morpholine rings is 1. The second-order valence-corrected chi connectivity index (χ2v) is 8.82. The Morgan fingerprint density at radius 3 is 2.46 bits per heavy atom. The monoisotopic (exact) mass is 508 g/mol. The van der Waals surface area contributed by atoms with Gasteiger partial charge in [-0.1, -0.05) is 30.5 Å². The van der Waals surface area contributed by atoms with Gasteiger partial charge in [0.05, 0.1) is 46.6 Å². The minimum atomic E-state index is -0.884. The maximum atomic E-state index is 13.7. The van der Waals surface area contributed by atoms with Gasteiger partial charge in [0, 0.05) is 17.2 Å². The van der Waals surface area contributed by atoms with Crippen molar-refractivity contribution in [3.05, 3.63) is 71.8 Å². The third kappa shape index (κ3) is 5.63. The standard InChI is InChI=1S/C28H32N2O7/c1-4-15-37-20-7-5-19(6-8-20)26(31)24-25(22-10-9-21(34-2)18-23(22)35-3)30(28(33)27(24)32)12-11-29-13-16-36-17-14-29/h4-10,18,25,31H,1,11-17H2,2-3H3/b26-24+. The fraction of sp³-hybridized carbons (Fsp3) is 0.357. The molecule has 2 aromatic carbocycles. The van der Waals surface area contributed by atoms with Gasteiger partial charge >= 0.3 is 0 Å². The number of rotatable bonds is 10. The molecule has 2 aromatic rings. The summed E-state index contributed by atoms with van der Waals surface area (Å²) >= 11 is 0. The van der Waals surface area contributed by atoms with Gasteiger partial charge in [-0.25, -0.2) is 0 Å². The highest BCUT2D eigenvalue weighted by atomic mass is 16.5. The van der Waals surface area contributed by atoms with E-state index in [4.69, 9.17) is 18.9 Å². The van der Waals surface area contributed by atoms with E-state index < -0.39 is 23.5 Å². The minimum absolute atomic E-state index is 0.0924. The molecule has 0 aromatic heterocycles. The lowest BCUT2D eigenvalue weighted by Crippen LogP contribution is -3.14. The second kappa shape index (κ2) is 11.9. The molecule has 9 nitrogen and oxygen atoms in total. The molecule has 0 aliphatic carbocycles. The molecule has 4 rings (SSSR count). The molecule has 0 spiro atoms. The number of Topliss-reactive ketones (excluding diaryl/α,β-unsaturated/α-hetero) is 1. The van der Waals surface area contributed by atoms with Gasteiger partial charge in [-0.05, 0) is 29.8 Å². The van der Waals surface area contributed by atoms with Crippen molar-refractivity contribution >= 4 is 17.4 Å². The van der Waals surface area contributed by atoms with Crippen molar-refractivity contribution in [2.24, 2.45) is 0 Å². The summed E-state index contributed by atoms with van der Waals surface area (Å²) in [5.41, 5.74) is 0.749. The number of likely N-dealkylation sites (tertiary alicyclic amines) is 1. The van der Waals surface area contributed by atoms with Crippen LogP contribution >= 0.6 is 0 Å². The summed E-state index contributed by atoms with van der Waals surface area (Å²) in [6.07, 6.45) is 1.62. The Bertz CT molecular complexity index is 1170. The predicted octanol–water partition coefficient (Wildman–Crippen LogP) is 0.408. The highest BCUT2D eigenvalue weighted by molar-refractivity contribution is 6.46. The highest BCUT2D eigenvalue weighted by Gasteiger charge is 2.45. The van der Waals surface area contributed by atoms with Crippen molar-refractivity contribution in [3.8, 4) is 17.2 Å². The average molecular weight is 509 g/mol. The normalized spacial score (nSPS) is 19.6. The average Bonchev–Trinajstić information content (AvgIpc) is 3.19. The number of nitrogens with one attached hydrogen (secondary N) is 1. The van der Waals surface area contributed by atoms with Gasteiger partial charge in [0.2, 0.25) is 5.78 Å². The Hall–Kier alpha value is -3.82. The number of hydrogen-bond donors (Lipinski definition) is 1. The number of ether oxygens (including phenoxy) is 4. The van der Waals surface area contributed by atoms with Crippen LogP contribution in [0.4, 0.5) is 0 Å². The van der Waals surface area contributed by atoms with Gasteiger partial charge in [0.25, 0.3) is 5.91 Å². The maximum Gasteiger partial charge on any atom is 0.295 e. The van der Waals surface area contributed by atoms with E-state index in [0.29, 0.717) is 61.3 Å². The molecule has 9 heteroatoms. The van der Waals surface area contributed by atoms with Crippen LogP contribution in [0, 0.1) is 0 Å². The van der Waals surface area contributed by atoms with Gasteiger partial charge in [0.1, 0.15) is 36.9 Å². The third-order valence-corrected chi connectivity index (χ3v) is 6.66. The molecule has 0 saturated carbocycles. The third-order valence-electron chi connectivity index (χ3n) is 6.66. The Balaban J connectivity index is 1.75. The Labute approximate surface area is 216 Å². The molecule has 196 valence electrons. The van der Waals surface area contributed by atoms with Gasteiger partial charge < -0.3 is 33.9 Å². The van der Waals surface area contributed by atoms with Crippen LogP contribution in [-0.4, -0.2) is 76.8 Å². The largest absolute Gasteiger partial charge is 0.872 e. The molecular weight excluding hydrogens is 476 g/mol. The van der Waals surface area contributed by atoms with E-state index in [9.17, 15) is 14.7 Å². The summed E-state index contributed by atoms with van der Waals surface area (Å²) in [4.78, 5) is 29.4. The molecule has 2 heterocycles. The molecule has 1 amide bonds. The maximum absolute atomic E-state index is 13.7. The van der Waals surface area contributed by atoms with Crippen molar-refractivity contribution in [1.29, 1.82) is 0 Å². The van der Waals surface area contributed by atoms with E-state index in [1.807, 2.05) is 0 Å². The van der Waals surface area contributed by atoms with Crippen LogP contribution in [0.15, 0.2) is 60.7 Å². The first kappa shape index (κ1) is 26.2. The van der Waals surface area contributed by atoms with Crippen molar-refractivity contribution in [2.45, 2.75) is 6.04 Å². The molecule has 0 bridgehead atoms. The summed E-state index contributed by atoms with van der Waals surface area (Å²) in [7, 11) is 3.04. The number of methoxy groups -OCH3 is 2. The van der Waals surface area contributed by atoms with Crippen LogP contribution in [-0.2, 0) is 14.3 Å². The number of carbonyl (C=O) groups is 2. The first-order chi connectivity index (χ1) is 18.0. The molecule has 2 saturated heterocycles. The van der Waals surface area contributed by atoms with E-state index in [-0.39, 0.29) is 5.57 Å². The number of ketones is 1. The van der Waals surface area contributed by atoms with E-state index in [2.05, 4.69) is 6.58 Å². The van der Waals surface area contributed by atoms with Crippen LogP contribution in [0.25, 0.3) is 5.76 Å². The zero-order chi connectivity index (χ0) is 26.4. The molecule has 1 unspecified atom stereocenters. The minimum Gasteiger partial charge on any atom is -0.872 e. The van der Waals surface area contributed by atoms with E-state index in [1.54, 1.807) is 48.5 Å². The number of nitrogens with zero attached hydrogens (tertiary/aromatic N) is 1.